The van der Waals surface area contributed by atoms with E-state index < -0.39 is 6.04 Å². The largest absolute Gasteiger partial charge is 0.352 e. The average Bonchev–Trinajstić information content (AvgIpc) is 3.39. The summed E-state index contributed by atoms with van der Waals surface area (Å²) in [5.41, 5.74) is 2.94. The molecule has 0 heterocycles. The van der Waals surface area contributed by atoms with Gasteiger partial charge in [-0.1, -0.05) is 101 Å². The molecule has 1 N–H and O–H groups in total. The van der Waals surface area contributed by atoms with Crippen molar-refractivity contribution >= 4 is 39.3 Å². The van der Waals surface area contributed by atoms with Crippen molar-refractivity contribution < 1.29 is 9.59 Å². The minimum atomic E-state index is -0.606. The molecule has 1 atom stereocenters. The first-order chi connectivity index (χ1) is 17.5. The van der Waals surface area contributed by atoms with E-state index in [9.17, 15) is 9.59 Å². The number of nitrogens with one attached hydrogen (secondary N) is 1. The second kappa shape index (κ2) is 13.1. The van der Waals surface area contributed by atoms with Crippen LogP contribution in [0.3, 0.4) is 0 Å². The van der Waals surface area contributed by atoms with E-state index in [1.54, 1.807) is 4.90 Å². The van der Waals surface area contributed by atoms with Gasteiger partial charge in [0.25, 0.3) is 0 Å². The lowest BCUT2D eigenvalue weighted by atomic mass is 10.0. The van der Waals surface area contributed by atoms with Gasteiger partial charge in [-0.25, -0.2) is 0 Å². The summed E-state index contributed by atoms with van der Waals surface area (Å²) in [6, 6.07) is 25.0. The Hall–Kier alpha value is -2.63. The molecule has 0 radical (unpaired) electrons. The molecule has 1 aliphatic carbocycles. The van der Waals surface area contributed by atoms with E-state index in [0.29, 0.717) is 24.4 Å². The molecule has 0 unspecified atom stereocenters. The Morgan fingerprint density at radius 3 is 2.36 bits per heavy atom. The topological polar surface area (TPSA) is 49.4 Å². The predicted octanol–water partition coefficient (Wildman–Crippen LogP) is 6.73. The van der Waals surface area contributed by atoms with Crippen LogP contribution in [0, 0.1) is 0 Å². The summed E-state index contributed by atoms with van der Waals surface area (Å²) >= 11 is 9.89. The molecular formula is C30H32BrClN2O2. The third-order valence-electron chi connectivity index (χ3n) is 6.78. The third kappa shape index (κ3) is 7.44. The number of hydrogen-bond donors (Lipinski definition) is 1. The molecule has 188 valence electrons. The highest BCUT2D eigenvalue weighted by molar-refractivity contribution is 9.10. The molecular weight excluding hydrogens is 536 g/mol. The molecule has 6 heteroatoms. The van der Waals surface area contributed by atoms with Crippen LogP contribution in [0.1, 0.15) is 48.8 Å². The van der Waals surface area contributed by atoms with Gasteiger partial charge in [0.15, 0.2) is 0 Å². The summed E-state index contributed by atoms with van der Waals surface area (Å²) in [6.07, 6.45) is 5.52. The third-order valence-corrected chi connectivity index (χ3v) is 7.64. The Labute approximate surface area is 227 Å². The van der Waals surface area contributed by atoms with Crippen LogP contribution >= 0.6 is 27.5 Å². The summed E-state index contributed by atoms with van der Waals surface area (Å²) < 4.78 is 0.943. The van der Waals surface area contributed by atoms with Crippen LogP contribution < -0.4 is 5.32 Å². The number of carbonyl (C=O) groups is 2. The Morgan fingerprint density at radius 2 is 1.64 bits per heavy atom. The van der Waals surface area contributed by atoms with Crippen LogP contribution in [0.4, 0.5) is 0 Å². The first-order valence-corrected chi connectivity index (χ1v) is 13.8. The molecule has 3 aromatic carbocycles. The van der Waals surface area contributed by atoms with Crippen molar-refractivity contribution in [1.82, 2.24) is 10.2 Å². The number of carbonyl (C=O) groups excluding carboxylic acids is 2. The smallest absolute Gasteiger partial charge is 0.243 e. The molecule has 0 spiro atoms. The van der Waals surface area contributed by atoms with Crippen LogP contribution in [0.5, 0.6) is 0 Å². The monoisotopic (exact) mass is 566 g/mol. The van der Waals surface area contributed by atoms with Gasteiger partial charge in [-0.15, -0.1) is 0 Å². The Kier molecular flexibility index (Phi) is 9.60. The van der Waals surface area contributed by atoms with Crippen molar-refractivity contribution in [3.63, 3.8) is 0 Å². The summed E-state index contributed by atoms with van der Waals surface area (Å²) in [7, 11) is 0. The van der Waals surface area contributed by atoms with Gasteiger partial charge in [0.2, 0.25) is 11.8 Å². The molecule has 4 nitrogen and oxygen atoms in total. The lowest BCUT2D eigenvalue weighted by Crippen LogP contribution is -2.52. The zero-order chi connectivity index (χ0) is 25.3. The highest BCUT2D eigenvalue weighted by atomic mass is 79.9. The van der Waals surface area contributed by atoms with Crippen molar-refractivity contribution in [3.05, 3.63) is 105 Å². The van der Waals surface area contributed by atoms with E-state index in [1.165, 1.54) is 0 Å². The molecule has 1 saturated carbocycles. The lowest BCUT2D eigenvalue weighted by molar-refractivity contribution is -0.141. The molecule has 1 aliphatic rings. The van der Waals surface area contributed by atoms with Gasteiger partial charge in [-0.3, -0.25) is 9.59 Å². The van der Waals surface area contributed by atoms with E-state index >= 15 is 0 Å². The minimum Gasteiger partial charge on any atom is -0.352 e. The fourth-order valence-electron chi connectivity index (χ4n) is 4.84. The number of nitrogens with zero attached hydrogens (tertiary/aromatic N) is 1. The van der Waals surface area contributed by atoms with E-state index in [-0.39, 0.29) is 24.3 Å². The molecule has 0 saturated heterocycles. The van der Waals surface area contributed by atoms with Crippen LogP contribution in [-0.2, 0) is 29.0 Å². The average molecular weight is 568 g/mol. The Morgan fingerprint density at radius 1 is 0.944 bits per heavy atom. The van der Waals surface area contributed by atoms with E-state index in [2.05, 4.69) is 21.2 Å². The number of aryl methyl sites for hydroxylation is 1. The SMILES string of the molecule is O=C(NC1CCCC1)[C@H](Cc1ccccc1)N(Cc1cccc(Br)c1)C(=O)CCc1ccccc1Cl. The zero-order valence-corrected chi connectivity index (χ0v) is 22.7. The van der Waals surface area contributed by atoms with Gasteiger partial charge in [-0.05, 0) is 54.2 Å². The van der Waals surface area contributed by atoms with E-state index in [1.807, 2.05) is 78.9 Å². The second-order valence-corrected chi connectivity index (χ2v) is 10.8. The lowest BCUT2D eigenvalue weighted by Gasteiger charge is -2.32. The van der Waals surface area contributed by atoms with E-state index in [0.717, 1.165) is 46.8 Å². The van der Waals surface area contributed by atoms with Crippen molar-refractivity contribution in [2.75, 3.05) is 0 Å². The molecule has 0 bridgehead atoms. The fraction of sp³-hybridized carbons (Fsp3) is 0.333. The molecule has 2 amide bonds. The second-order valence-electron chi connectivity index (χ2n) is 9.44. The summed E-state index contributed by atoms with van der Waals surface area (Å²) in [5, 5.41) is 3.91. The first-order valence-electron chi connectivity index (χ1n) is 12.6. The summed E-state index contributed by atoms with van der Waals surface area (Å²) in [5.74, 6) is -0.135. The Balaban J connectivity index is 1.62. The number of rotatable bonds is 10. The maximum atomic E-state index is 13.8. The summed E-state index contributed by atoms with van der Waals surface area (Å²) in [4.78, 5) is 29.2. The number of benzene rings is 3. The highest BCUT2D eigenvalue weighted by Crippen LogP contribution is 2.23. The molecule has 0 aliphatic heterocycles. The van der Waals surface area contributed by atoms with Crippen molar-refractivity contribution in [2.24, 2.45) is 0 Å². The zero-order valence-electron chi connectivity index (χ0n) is 20.3. The number of halogens is 2. The summed E-state index contributed by atoms with van der Waals surface area (Å²) in [6.45, 7) is 0.358. The quantitative estimate of drug-likeness (QED) is 0.295. The van der Waals surface area contributed by atoms with Gasteiger partial charge in [0, 0.05) is 34.9 Å². The molecule has 0 aromatic heterocycles. The Bertz CT molecular complexity index is 1160. The minimum absolute atomic E-state index is 0.0580. The predicted molar refractivity (Wildman–Crippen MR) is 149 cm³/mol. The van der Waals surface area contributed by atoms with Gasteiger partial charge in [0.1, 0.15) is 6.04 Å². The molecule has 36 heavy (non-hydrogen) atoms. The fourth-order valence-corrected chi connectivity index (χ4v) is 5.52. The van der Waals surface area contributed by atoms with Gasteiger partial charge < -0.3 is 10.2 Å². The van der Waals surface area contributed by atoms with Crippen LogP contribution in [0.2, 0.25) is 5.02 Å². The van der Waals surface area contributed by atoms with Crippen LogP contribution in [-0.4, -0.2) is 28.8 Å². The molecule has 1 fully saturated rings. The number of amides is 2. The van der Waals surface area contributed by atoms with Crippen molar-refractivity contribution in [3.8, 4) is 0 Å². The van der Waals surface area contributed by atoms with Crippen LogP contribution in [0.15, 0.2) is 83.3 Å². The normalized spacial score (nSPS) is 14.4. The van der Waals surface area contributed by atoms with Gasteiger partial charge >= 0.3 is 0 Å². The molecule has 4 rings (SSSR count). The maximum Gasteiger partial charge on any atom is 0.243 e. The van der Waals surface area contributed by atoms with E-state index in [4.69, 9.17) is 11.6 Å². The molecule has 3 aromatic rings. The van der Waals surface area contributed by atoms with Crippen molar-refractivity contribution in [1.29, 1.82) is 0 Å². The first kappa shape index (κ1) is 26.4. The van der Waals surface area contributed by atoms with Gasteiger partial charge in [-0.2, -0.15) is 0 Å². The van der Waals surface area contributed by atoms with Crippen molar-refractivity contribution in [2.45, 2.75) is 63.6 Å². The van der Waals surface area contributed by atoms with Crippen LogP contribution in [0.25, 0.3) is 0 Å². The number of hydrogen-bond acceptors (Lipinski definition) is 2. The highest BCUT2D eigenvalue weighted by Gasteiger charge is 2.32. The standard InChI is InChI=1S/C30H32BrClN2O2/c31-25-13-8-11-23(19-25)21-34(29(35)18-17-24-12-4-7-16-27(24)32)28(20-22-9-2-1-3-10-22)30(36)33-26-14-5-6-15-26/h1-4,7-13,16,19,26,28H,5-6,14-15,17-18,20-21H2,(H,33,36)/t28-/m0/s1. The van der Waals surface area contributed by atoms with Gasteiger partial charge in [0.05, 0.1) is 0 Å². The maximum absolute atomic E-state index is 13.8.